The minimum atomic E-state index is -0.240. The van der Waals surface area contributed by atoms with E-state index >= 15 is 0 Å². The van der Waals surface area contributed by atoms with Crippen LogP contribution in [0.3, 0.4) is 0 Å². The van der Waals surface area contributed by atoms with Crippen LogP contribution in [0.2, 0.25) is 0 Å². The summed E-state index contributed by atoms with van der Waals surface area (Å²) in [6.07, 6.45) is 2.77. The Morgan fingerprint density at radius 1 is 0.880 bits per heavy atom. The van der Waals surface area contributed by atoms with Crippen LogP contribution >= 0.6 is 0 Å². The zero-order valence-corrected chi connectivity index (χ0v) is 15.2. The molecule has 0 spiro atoms. The average Bonchev–Trinajstić information content (AvgIpc) is 2.60. The topological polar surface area (TPSA) is 60.9 Å². The van der Waals surface area contributed by atoms with Crippen LogP contribution in [0, 0.1) is 19.8 Å². The molecule has 25 heavy (non-hydrogen) atoms. The number of aliphatic hydroxyl groups is 1. The molecule has 2 fully saturated rings. The molecule has 0 radical (unpaired) electrons. The molecule has 1 aliphatic carbocycles. The lowest BCUT2D eigenvalue weighted by Gasteiger charge is -2.37. The first-order valence-corrected chi connectivity index (χ1v) is 9.28. The minimum absolute atomic E-state index is 0.0464. The van der Waals surface area contributed by atoms with Crippen molar-refractivity contribution in [3.63, 3.8) is 0 Å². The van der Waals surface area contributed by atoms with Crippen molar-refractivity contribution < 1.29 is 14.7 Å². The molecule has 1 aromatic carbocycles. The standard InChI is InChI=1S/C20H28N2O3/c1-14-11-15(2)13-17(12-14)20(25)22-9-7-21(8-10-22)19(24)16-3-5-18(23)6-4-16/h11-13,16,18,23H,3-10H2,1-2H3. The van der Waals surface area contributed by atoms with Crippen LogP contribution in [0.15, 0.2) is 18.2 Å². The Balaban J connectivity index is 1.56. The first-order valence-electron chi connectivity index (χ1n) is 9.28. The monoisotopic (exact) mass is 344 g/mol. The summed E-state index contributed by atoms with van der Waals surface area (Å²) < 4.78 is 0. The number of piperazine rings is 1. The van der Waals surface area contributed by atoms with E-state index in [-0.39, 0.29) is 23.8 Å². The summed E-state index contributed by atoms with van der Waals surface area (Å²) in [5.74, 6) is 0.301. The maximum Gasteiger partial charge on any atom is 0.253 e. The molecular formula is C20H28N2O3. The van der Waals surface area contributed by atoms with Crippen molar-refractivity contribution in [2.75, 3.05) is 26.2 Å². The highest BCUT2D eigenvalue weighted by Gasteiger charge is 2.31. The van der Waals surface area contributed by atoms with Gasteiger partial charge < -0.3 is 14.9 Å². The molecule has 136 valence electrons. The number of rotatable bonds is 2. The van der Waals surface area contributed by atoms with Gasteiger partial charge >= 0.3 is 0 Å². The Morgan fingerprint density at radius 2 is 1.40 bits per heavy atom. The van der Waals surface area contributed by atoms with Crippen molar-refractivity contribution in [1.29, 1.82) is 0 Å². The van der Waals surface area contributed by atoms with Crippen LogP contribution < -0.4 is 0 Å². The second-order valence-corrected chi connectivity index (χ2v) is 7.50. The molecule has 2 amide bonds. The predicted octanol–water partition coefficient (Wildman–Crippen LogP) is 2.14. The van der Waals surface area contributed by atoms with Gasteiger partial charge in [-0.15, -0.1) is 0 Å². The molecule has 1 aromatic rings. The first-order chi connectivity index (χ1) is 11.9. The highest BCUT2D eigenvalue weighted by atomic mass is 16.3. The van der Waals surface area contributed by atoms with E-state index < -0.39 is 0 Å². The van der Waals surface area contributed by atoms with E-state index in [4.69, 9.17) is 0 Å². The largest absolute Gasteiger partial charge is 0.393 e. The number of benzene rings is 1. The van der Waals surface area contributed by atoms with E-state index in [0.29, 0.717) is 26.2 Å². The molecule has 1 N–H and O–H groups in total. The first kappa shape index (κ1) is 17.9. The lowest BCUT2D eigenvalue weighted by molar-refractivity contribution is -0.138. The van der Waals surface area contributed by atoms with Gasteiger partial charge in [0.25, 0.3) is 5.91 Å². The molecule has 3 rings (SSSR count). The van der Waals surface area contributed by atoms with E-state index in [0.717, 1.165) is 42.4 Å². The summed E-state index contributed by atoms with van der Waals surface area (Å²) in [7, 11) is 0. The predicted molar refractivity (Wildman–Crippen MR) is 96.4 cm³/mol. The van der Waals surface area contributed by atoms with Crippen molar-refractivity contribution in [2.24, 2.45) is 5.92 Å². The van der Waals surface area contributed by atoms with Gasteiger partial charge in [-0.25, -0.2) is 0 Å². The number of nitrogens with zero attached hydrogens (tertiary/aromatic N) is 2. The second kappa shape index (κ2) is 7.56. The average molecular weight is 344 g/mol. The molecule has 0 unspecified atom stereocenters. The van der Waals surface area contributed by atoms with Crippen LogP contribution in [0.4, 0.5) is 0 Å². The molecule has 1 saturated carbocycles. The van der Waals surface area contributed by atoms with E-state index in [1.807, 2.05) is 35.8 Å². The summed E-state index contributed by atoms with van der Waals surface area (Å²) in [6, 6.07) is 5.93. The molecule has 1 heterocycles. The van der Waals surface area contributed by atoms with Crippen molar-refractivity contribution >= 4 is 11.8 Å². The number of aliphatic hydroxyl groups excluding tert-OH is 1. The third-order valence-corrected chi connectivity index (χ3v) is 5.39. The zero-order chi connectivity index (χ0) is 18.0. The van der Waals surface area contributed by atoms with Crippen molar-refractivity contribution in [2.45, 2.75) is 45.6 Å². The van der Waals surface area contributed by atoms with Gasteiger partial charge in [-0.1, -0.05) is 17.2 Å². The lowest BCUT2D eigenvalue weighted by Crippen LogP contribution is -2.52. The Morgan fingerprint density at radius 3 is 1.96 bits per heavy atom. The smallest absolute Gasteiger partial charge is 0.253 e. The molecule has 2 aliphatic rings. The number of carbonyl (C=O) groups is 2. The van der Waals surface area contributed by atoms with Gasteiger partial charge in [0.1, 0.15) is 0 Å². The van der Waals surface area contributed by atoms with Gasteiger partial charge in [0.2, 0.25) is 5.91 Å². The molecule has 1 saturated heterocycles. The number of aryl methyl sites for hydroxylation is 2. The Labute approximate surface area is 149 Å². The number of carbonyl (C=O) groups excluding carboxylic acids is 2. The molecule has 5 heteroatoms. The SMILES string of the molecule is Cc1cc(C)cc(C(=O)N2CCN(C(=O)C3CCC(O)CC3)CC2)c1. The van der Waals surface area contributed by atoms with Gasteiger partial charge in [-0.2, -0.15) is 0 Å². The van der Waals surface area contributed by atoms with E-state index in [1.165, 1.54) is 0 Å². The van der Waals surface area contributed by atoms with Crippen LogP contribution in [0.5, 0.6) is 0 Å². The summed E-state index contributed by atoms with van der Waals surface area (Å²) in [6.45, 7) is 6.39. The highest BCUT2D eigenvalue weighted by Crippen LogP contribution is 2.26. The third kappa shape index (κ3) is 4.21. The molecule has 0 atom stereocenters. The fraction of sp³-hybridized carbons (Fsp3) is 0.600. The van der Waals surface area contributed by atoms with Crippen molar-refractivity contribution in [3.8, 4) is 0 Å². The normalized spacial score (nSPS) is 24.3. The lowest BCUT2D eigenvalue weighted by atomic mass is 9.86. The Kier molecular flexibility index (Phi) is 5.42. The fourth-order valence-corrected chi connectivity index (χ4v) is 3.99. The summed E-state index contributed by atoms with van der Waals surface area (Å²) >= 11 is 0. The molecule has 1 aliphatic heterocycles. The molecule has 5 nitrogen and oxygen atoms in total. The minimum Gasteiger partial charge on any atom is -0.393 e. The Bertz CT molecular complexity index is 622. The summed E-state index contributed by atoms with van der Waals surface area (Å²) in [4.78, 5) is 29.1. The van der Waals surface area contributed by atoms with Crippen LogP contribution in [0.1, 0.15) is 47.2 Å². The number of amides is 2. The molecule has 0 bridgehead atoms. The third-order valence-electron chi connectivity index (χ3n) is 5.39. The zero-order valence-electron chi connectivity index (χ0n) is 15.2. The van der Waals surface area contributed by atoms with E-state index in [1.54, 1.807) is 0 Å². The van der Waals surface area contributed by atoms with Crippen LogP contribution in [0.25, 0.3) is 0 Å². The highest BCUT2D eigenvalue weighted by molar-refractivity contribution is 5.94. The number of hydrogen-bond donors (Lipinski definition) is 1. The summed E-state index contributed by atoms with van der Waals surface area (Å²) in [5, 5.41) is 9.59. The second-order valence-electron chi connectivity index (χ2n) is 7.50. The molecular weight excluding hydrogens is 316 g/mol. The van der Waals surface area contributed by atoms with Gasteiger partial charge in [0, 0.05) is 37.7 Å². The van der Waals surface area contributed by atoms with E-state index in [2.05, 4.69) is 6.07 Å². The van der Waals surface area contributed by atoms with E-state index in [9.17, 15) is 14.7 Å². The quantitative estimate of drug-likeness (QED) is 0.894. The molecule has 0 aromatic heterocycles. The summed E-state index contributed by atoms with van der Waals surface area (Å²) in [5.41, 5.74) is 2.92. The van der Waals surface area contributed by atoms with Crippen LogP contribution in [-0.4, -0.2) is 59.0 Å². The van der Waals surface area contributed by atoms with Gasteiger partial charge in [-0.3, -0.25) is 9.59 Å². The fourth-order valence-electron chi connectivity index (χ4n) is 3.99. The maximum atomic E-state index is 12.7. The van der Waals surface area contributed by atoms with Gasteiger partial charge in [0.15, 0.2) is 0 Å². The van der Waals surface area contributed by atoms with Crippen molar-refractivity contribution in [3.05, 3.63) is 34.9 Å². The van der Waals surface area contributed by atoms with Crippen LogP contribution in [-0.2, 0) is 4.79 Å². The van der Waals surface area contributed by atoms with Crippen molar-refractivity contribution in [1.82, 2.24) is 9.80 Å². The number of hydrogen-bond acceptors (Lipinski definition) is 3. The van der Waals surface area contributed by atoms with Gasteiger partial charge in [0.05, 0.1) is 6.10 Å². The maximum absolute atomic E-state index is 12.7. The van der Waals surface area contributed by atoms with Gasteiger partial charge in [-0.05, 0) is 51.7 Å². The Hall–Kier alpha value is -1.88.